The average Bonchev–Trinajstić information content (AvgIpc) is 2.89. The van der Waals surface area contributed by atoms with E-state index in [0.717, 1.165) is 9.35 Å². The molecule has 0 aliphatic heterocycles. The van der Waals surface area contributed by atoms with Crippen molar-refractivity contribution in [2.45, 2.75) is 27.2 Å². The third kappa shape index (κ3) is 4.65. The van der Waals surface area contributed by atoms with Gasteiger partial charge < -0.3 is 14.8 Å². The minimum atomic E-state index is -0.430. The fourth-order valence-electron chi connectivity index (χ4n) is 2.54. The lowest BCUT2D eigenvalue weighted by Crippen LogP contribution is -2.16. The molecule has 140 valence electrons. The van der Waals surface area contributed by atoms with Gasteiger partial charge >= 0.3 is 5.97 Å². The number of para-hydroxylation sites is 1. The molecule has 0 fully saturated rings. The summed E-state index contributed by atoms with van der Waals surface area (Å²) in [5.41, 5.74) is 1.68. The molecule has 0 spiro atoms. The van der Waals surface area contributed by atoms with Crippen molar-refractivity contribution in [3.63, 3.8) is 0 Å². The van der Waals surface area contributed by atoms with E-state index in [1.165, 1.54) is 18.4 Å². The van der Waals surface area contributed by atoms with Gasteiger partial charge in [0, 0.05) is 0 Å². The number of methoxy groups -OCH3 is 1. The highest BCUT2D eigenvalue weighted by molar-refractivity contribution is 9.11. The number of carbonyl (C=O) groups excluding carboxylic acids is 2. The number of hydrogen-bond donors (Lipinski definition) is 1. The molecule has 0 saturated carbocycles. The average molecular weight is 440 g/mol. The van der Waals surface area contributed by atoms with Crippen LogP contribution in [0.25, 0.3) is 0 Å². The monoisotopic (exact) mass is 439 g/mol. The van der Waals surface area contributed by atoms with E-state index in [1.54, 1.807) is 31.2 Å². The summed E-state index contributed by atoms with van der Waals surface area (Å²) in [5, 5.41) is 3.32. The summed E-state index contributed by atoms with van der Waals surface area (Å²) in [4.78, 5) is 25.2. The zero-order valence-electron chi connectivity index (χ0n) is 15.2. The minimum absolute atomic E-state index is 0.271. The van der Waals surface area contributed by atoms with Gasteiger partial charge in [-0.25, -0.2) is 4.79 Å². The molecule has 0 aliphatic carbocycles. The Bertz CT molecular complexity index is 801. The fraction of sp³-hybridized carbons (Fsp3) is 0.368. The van der Waals surface area contributed by atoms with Crippen LogP contribution in [0.5, 0.6) is 5.75 Å². The first-order chi connectivity index (χ1) is 12.4. The van der Waals surface area contributed by atoms with Crippen molar-refractivity contribution in [1.29, 1.82) is 0 Å². The summed E-state index contributed by atoms with van der Waals surface area (Å²) in [6.45, 7) is 6.18. The molecule has 1 aromatic heterocycles. The Morgan fingerprint density at radius 1 is 1.27 bits per heavy atom. The highest BCUT2D eigenvalue weighted by atomic mass is 79.9. The number of rotatable bonds is 7. The fourth-order valence-corrected chi connectivity index (χ4v) is 4.32. The maximum absolute atomic E-state index is 12.7. The lowest BCUT2D eigenvalue weighted by Gasteiger charge is -2.11. The molecule has 0 unspecified atom stereocenters. The summed E-state index contributed by atoms with van der Waals surface area (Å²) in [5.74, 6) is 0.0610. The van der Waals surface area contributed by atoms with Gasteiger partial charge in [-0.3, -0.25) is 4.79 Å². The number of anilines is 1. The van der Waals surface area contributed by atoms with Crippen LogP contribution < -0.4 is 10.1 Å². The van der Waals surface area contributed by atoms with Gasteiger partial charge in [-0.2, -0.15) is 0 Å². The largest absolute Gasteiger partial charge is 0.496 e. The van der Waals surface area contributed by atoms with E-state index in [0.29, 0.717) is 34.2 Å². The molecule has 1 aromatic carbocycles. The third-order valence-electron chi connectivity index (χ3n) is 3.63. The highest BCUT2D eigenvalue weighted by Crippen LogP contribution is 2.39. The second kappa shape index (κ2) is 9.19. The molecule has 26 heavy (non-hydrogen) atoms. The molecular weight excluding hydrogens is 418 g/mol. The number of benzene rings is 1. The van der Waals surface area contributed by atoms with Crippen LogP contribution in [0.15, 0.2) is 28.1 Å². The van der Waals surface area contributed by atoms with E-state index in [2.05, 4.69) is 35.1 Å². The highest BCUT2D eigenvalue weighted by Gasteiger charge is 2.26. The van der Waals surface area contributed by atoms with Crippen molar-refractivity contribution in [3.05, 3.63) is 44.7 Å². The maximum Gasteiger partial charge on any atom is 0.341 e. The van der Waals surface area contributed by atoms with E-state index < -0.39 is 5.97 Å². The summed E-state index contributed by atoms with van der Waals surface area (Å²) in [6.07, 6.45) is 0.704. The van der Waals surface area contributed by atoms with Crippen LogP contribution in [-0.2, 0) is 11.2 Å². The Balaban J connectivity index is 2.42. The van der Waals surface area contributed by atoms with Gasteiger partial charge in [0.25, 0.3) is 5.91 Å². The quantitative estimate of drug-likeness (QED) is 0.605. The SMILES string of the molecule is CCOC(=O)c1c(NC(=O)c2ccccc2OC)sc(Br)c1CC(C)C. The number of hydrogen-bond acceptors (Lipinski definition) is 5. The van der Waals surface area contributed by atoms with E-state index >= 15 is 0 Å². The van der Waals surface area contributed by atoms with Gasteiger partial charge in [0.15, 0.2) is 0 Å². The Hall–Kier alpha value is -1.86. The second-order valence-electron chi connectivity index (χ2n) is 6.03. The molecular formula is C19H22BrNO4S. The zero-order chi connectivity index (χ0) is 19.3. The molecule has 0 radical (unpaired) electrons. The molecule has 7 heteroatoms. The Morgan fingerprint density at radius 3 is 2.58 bits per heavy atom. The first-order valence-electron chi connectivity index (χ1n) is 8.31. The van der Waals surface area contributed by atoms with Crippen LogP contribution in [-0.4, -0.2) is 25.6 Å². The smallest absolute Gasteiger partial charge is 0.341 e. The number of amides is 1. The van der Waals surface area contributed by atoms with Gasteiger partial charge in [0.05, 0.1) is 28.6 Å². The van der Waals surface area contributed by atoms with Gasteiger partial charge in [-0.1, -0.05) is 26.0 Å². The van der Waals surface area contributed by atoms with E-state index in [-0.39, 0.29) is 12.5 Å². The first-order valence-corrected chi connectivity index (χ1v) is 9.92. The molecule has 1 amide bonds. The summed E-state index contributed by atoms with van der Waals surface area (Å²) >= 11 is 4.84. The van der Waals surface area contributed by atoms with Crippen molar-refractivity contribution < 1.29 is 19.1 Å². The molecule has 1 heterocycles. The van der Waals surface area contributed by atoms with Gasteiger partial charge in [0.1, 0.15) is 10.8 Å². The van der Waals surface area contributed by atoms with Crippen molar-refractivity contribution in [3.8, 4) is 5.75 Å². The molecule has 0 saturated heterocycles. The standard InChI is InChI=1S/C19H22BrNO4S/c1-5-25-19(23)15-13(10-11(2)3)16(20)26-18(15)21-17(22)12-8-6-7-9-14(12)24-4/h6-9,11H,5,10H2,1-4H3,(H,21,22). The van der Waals surface area contributed by atoms with Crippen molar-refractivity contribution in [1.82, 2.24) is 0 Å². The topological polar surface area (TPSA) is 64.6 Å². The van der Waals surface area contributed by atoms with Crippen molar-refractivity contribution >= 4 is 44.1 Å². The number of carbonyl (C=O) groups is 2. The van der Waals surface area contributed by atoms with E-state index in [1.807, 2.05) is 0 Å². The molecule has 0 bridgehead atoms. The number of halogens is 1. The van der Waals surface area contributed by atoms with Gasteiger partial charge in [-0.15, -0.1) is 11.3 Å². The normalized spacial score (nSPS) is 10.7. The van der Waals surface area contributed by atoms with Gasteiger partial charge in [-0.05, 0) is 52.9 Å². The van der Waals surface area contributed by atoms with Crippen LogP contribution in [0, 0.1) is 5.92 Å². The van der Waals surface area contributed by atoms with Gasteiger partial charge in [0.2, 0.25) is 0 Å². The molecule has 2 rings (SSSR count). The van der Waals surface area contributed by atoms with Crippen LogP contribution in [0.3, 0.4) is 0 Å². The van der Waals surface area contributed by atoms with Crippen LogP contribution in [0.1, 0.15) is 47.1 Å². The van der Waals surface area contributed by atoms with Crippen LogP contribution >= 0.6 is 27.3 Å². The molecule has 1 N–H and O–H groups in total. The number of nitrogens with one attached hydrogen (secondary N) is 1. The van der Waals surface area contributed by atoms with E-state index in [4.69, 9.17) is 9.47 Å². The van der Waals surface area contributed by atoms with E-state index in [9.17, 15) is 9.59 Å². The lowest BCUT2D eigenvalue weighted by molar-refractivity contribution is 0.0526. The Morgan fingerprint density at radius 2 is 1.96 bits per heavy atom. The Labute approximate surface area is 165 Å². The van der Waals surface area contributed by atoms with Crippen LogP contribution in [0.4, 0.5) is 5.00 Å². The maximum atomic E-state index is 12.7. The molecule has 0 aliphatic rings. The summed E-state index contributed by atoms with van der Waals surface area (Å²) in [7, 11) is 1.51. The Kier molecular flexibility index (Phi) is 7.23. The second-order valence-corrected chi connectivity index (χ2v) is 8.37. The first kappa shape index (κ1) is 20.5. The van der Waals surface area contributed by atoms with Crippen LogP contribution in [0.2, 0.25) is 0 Å². The predicted octanol–water partition coefficient (Wildman–Crippen LogP) is 5.15. The number of ether oxygens (including phenoxy) is 2. The summed E-state index contributed by atoms with van der Waals surface area (Å²) < 4.78 is 11.3. The van der Waals surface area contributed by atoms with Crippen molar-refractivity contribution in [2.24, 2.45) is 5.92 Å². The summed E-state index contributed by atoms with van der Waals surface area (Å²) in [6, 6.07) is 6.95. The lowest BCUT2D eigenvalue weighted by atomic mass is 10.0. The number of esters is 1. The number of thiophene rings is 1. The zero-order valence-corrected chi connectivity index (χ0v) is 17.6. The third-order valence-corrected chi connectivity index (χ3v) is 5.53. The predicted molar refractivity (Wildman–Crippen MR) is 107 cm³/mol. The molecule has 5 nitrogen and oxygen atoms in total. The van der Waals surface area contributed by atoms with Crippen molar-refractivity contribution in [2.75, 3.05) is 19.0 Å². The molecule has 0 atom stereocenters. The minimum Gasteiger partial charge on any atom is -0.496 e. The molecule has 2 aromatic rings.